The SMILES string of the molecule is C=CC1CN(c2cc(C(=N)c3cc(OC4(C)CC4)ccc3N)ncn2)CCO1. The van der Waals surface area contributed by atoms with Gasteiger partial charge in [-0.1, -0.05) is 6.08 Å². The third-order valence-electron chi connectivity index (χ3n) is 5.20. The predicted molar refractivity (Wildman–Crippen MR) is 109 cm³/mol. The quantitative estimate of drug-likeness (QED) is 0.455. The van der Waals surface area contributed by atoms with Crippen molar-refractivity contribution in [3.8, 4) is 5.75 Å². The molecular weight excluding hydrogens is 354 g/mol. The van der Waals surface area contributed by atoms with E-state index >= 15 is 0 Å². The number of ether oxygens (including phenoxy) is 2. The van der Waals surface area contributed by atoms with E-state index in [1.807, 2.05) is 18.2 Å². The number of morpholine rings is 1. The zero-order valence-corrected chi connectivity index (χ0v) is 16.0. The van der Waals surface area contributed by atoms with Crippen LogP contribution in [0.1, 0.15) is 31.0 Å². The van der Waals surface area contributed by atoms with Crippen molar-refractivity contribution in [2.75, 3.05) is 30.3 Å². The van der Waals surface area contributed by atoms with E-state index in [1.54, 1.807) is 12.1 Å². The van der Waals surface area contributed by atoms with Crippen LogP contribution < -0.4 is 15.4 Å². The fraction of sp³-hybridized carbons (Fsp3) is 0.381. The number of anilines is 2. The van der Waals surface area contributed by atoms with Gasteiger partial charge in [0, 0.05) is 30.4 Å². The monoisotopic (exact) mass is 379 g/mol. The molecule has 2 aliphatic rings. The molecule has 0 bridgehead atoms. The fourth-order valence-corrected chi connectivity index (χ4v) is 3.20. The molecule has 2 fully saturated rings. The summed E-state index contributed by atoms with van der Waals surface area (Å²) in [4.78, 5) is 10.8. The average molecular weight is 379 g/mol. The summed E-state index contributed by atoms with van der Waals surface area (Å²) in [7, 11) is 0. The van der Waals surface area contributed by atoms with E-state index in [1.165, 1.54) is 6.33 Å². The molecule has 0 radical (unpaired) electrons. The molecule has 1 aromatic carbocycles. The molecule has 7 heteroatoms. The van der Waals surface area contributed by atoms with E-state index in [0.717, 1.165) is 31.0 Å². The zero-order valence-electron chi connectivity index (χ0n) is 16.0. The number of aromatic nitrogens is 2. The van der Waals surface area contributed by atoms with Crippen molar-refractivity contribution in [1.82, 2.24) is 9.97 Å². The number of hydrogen-bond acceptors (Lipinski definition) is 7. The molecule has 28 heavy (non-hydrogen) atoms. The number of rotatable bonds is 6. The first-order valence-corrected chi connectivity index (χ1v) is 9.46. The van der Waals surface area contributed by atoms with Gasteiger partial charge in [-0.25, -0.2) is 9.97 Å². The van der Waals surface area contributed by atoms with Gasteiger partial charge in [-0.15, -0.1) is 6.58 Å². The lowest BCUT2D eigenvalue weighted by atomic mass is 10.0. The largest absolute Gasteiger partial charge is 0.488 e. The lowest BCUT2D eigenvalue weighted by Gasteiger charge is -2.32. The molecule has 3 N–H and O–H groups in total. The average Bonchev–Trinajstić information content (AvgIpc) is 3.45. The van der Waals surface area contributed by atoms with Gasteiger partial charge in [0.05, 0.1) is 24.1 Å². The topological polar surface area (TPSA) is 97.4 Å². The Bertz CT molecular complexity index is 909. The van der Waals surface area contributed by atoms with Gasteiger partial charge >= 0.3 is 0 Å². The van der Waals surface area contributed by atoms with Crippen LogP contribution in [0.25, 0.3) is 0 Å². The molecule has 2 heterocycles. The highest BCUT2D eigenvalue weighted by atomic mass is 16.5. The van der Waals surface area contributed by atoms with Gasteiger partial charge in [0.15, 0.2) is 0 Å². The summed E-state index contributed by atoms with van der Waals surface area (Å²) in [6, 6.07) is 7.28. The summed E-state index contributed by atoms with van der Waals surface area (Å²) in [5.74, 6) is 1.49. The van der Waals surface area contributed by atoms with Gasteiger partial charge < -0.3 is 20.1 Å². The molecule has 2 aromatic rings. The second kappa shape index (κ2) is 7.24. The molecule has 1 aliphatic heterocycles. The molecule has 4 rings (SSSR count). The molecule has 1 aliphatic carbocycles. The Balaban J connectivity index is 1.58. The Labute approximate surface area is 164 Å². The van der Waals surface area contributed by atoms with Crippen LogP contribution >= 0.6 is 0 Å². The normalized spacial score (nSPS) is 20.5. The van der Waals surface area contributed by atoms with Gasteiger partial charge in [-0.3, -0.25) is 5.41 Å². The highest BCUT2D eigenvalue weighted by Gasteiger charge is 2.40. The van der Waals surface area contributed by atoms with E-state index in [9.17, 15) is 0 Å². The number of hydrogen-bond donors (Lipinski definition) is 2. The molecule has 1 aromatic heterocycles. The Kier molecular flexibility index (Phi) is 4.77. The summed E-state index contributed by atoms with van der Waals surface area (Å²) < 4.78 is 11.6. The number of nitrogens with two attached hydrogens (primary N) is 1. The second-order valence-electron chi connectivity index (χ2n) is 7.53. The summed E-state index contributed by atoms with van der Waals surface area (Å²) in [6.07, 6.45) is 5.34. The minimum atomic E-state index is -0.0876. The first kappa shape index (κ1) is 18.4. The smallest absolute Gasteiger partial charge is 0.132 e. The van der Waals surface area contributed by atoms with E-state index in [-0.39, 0.29) is 17.4 Å². The van der Waals surface area contributed by atoms with Crippen molar-refractivity contribution in [2.24, 2.45) is 0 Å². The first-order chi connectivity index (χ1) is 13.5. The molecular formula is C21H25N5O2. The molecule has 1 saturated heterocycles. The van der Waals surface area contributed by atoms with Crippen LogP contribution in [0.3, 0.4) is 0 Å². The minimum Gasteiger partial charge on any atom is -0.488 e. The lowest BCUT2D eigenvalue weighted by molar-refractivity contribution is 0.0716. The molecule has 146 valence electrons. The summed E-state index contributed by atoms with van der Waals surface area (Å²) in [5, 5.41) is 8.66. The summed E-state index contributed by atoms with van der Waals surface area (Å²) in [6.45, 7) is 7.91. The zero-order chi connectivity index (χ0) is 19.7. The van der Waals surface area contributed by atoms with Gasteiger partial charge in [0.25, 0.3) is 0 Å². The van der Waals surface area contributed by atoms with Gasteiger partial charge in [0.2, 0.25) is 0 Å². The Morgan fingerprint density at radius 2 is 2.21 bits per heavy atom. The Hall–Kier alpha value is -2.93. The van der Waals surface area contributed by atoms with Crippen LogP contribution in [-0.4, -0.2) is 47.1 Å². The third-order valence-corrected chi connectivity index (χ3v) is 5.20. The van der Waals surface area contributed by atoms with Crippen LogP contribution in [0.2, 0.25) is 0 Å². The van der Waals surface area contributed by atoms with Crippen molar-refractivity contribution in [3.63, 3.8) is 0 Å². The lowest BCUT2D eigenvalue weighted by Crippen LogP contribution is -2.42. The summed E-state index contributed by atoms with van der Waals surface area (Å²) >= 11 is 0. The second-order valence-corrected chi connectivity index (χ2v) is 7.53. The maximum atomic E-state index is 8.66. The standard InChI is InChI=1S/C21H25N5O2/c1-3-14-12-26(8-9-27-14)19-11-18(24-13-25-19)20(23)16-10-15(4-5-17(16)22)28-21(2)6-7-21/h3-5,10-11,13-14,23H,1,6-9,12,22H2,2H3. The molecule has 1 atom stereocenters. The number of benzene rings is 1. The first-order valence-electron chi connectivity index (χ1n) is 9.46. The van der Waals surface area contributed by atoms with Gasteiger partial charge in [-0.2, -0.15) is 0 Å². The predicted octanol–water partition coefficient (Wildman–Crippen LogP) is 2.80. The van der Waals surface area contributed by atoms with E-state index in [4.69, 9.17) is 20.6 Å². The minimum absolute atomic E-state index is 0.0279. The highest BCUT2D eigenvalue weighted by molar-refractivity contribution is 6.13. The molecule has 7 nitrogen and oxygen atoms in total. The number of nitrogens with zero attached hydrogens (tertiary/aromatic N) is 3. The van der Waals surface area contributed by atoms with Crippen LogP contribution in [0, 0.1) is 5.41 Å². The van der Waals surface area contributed by atoms with Crippen LogP contribution in [0.15, 0.2) is 43.2 Å². The summed E-state index contributed by atoms with van der Waals surface area (Å²) in [5.41, 5.74) is 7.96. The highest BCUT2D eigenvalue weighted by Crippen LogP contribution is 2.40. The Morgan fingerprint density at radius 3 is 2.96 bits per heavy atom. The van der Waals surface area contributed by atoms with Gasteiger partial charge in [0.1, 0.15) is 23.5 Å². The third kappa shape index (κ3) is 3.84. The van der Waals surface area contributed by atoms with Crippen LogP contribution in [0.5, 0.6) is 5.75 Å². The van der Waals surface area contributed by atoms with E-state index < -0.39 is 0 Å². The maximum Gasteiger partial charge on any atom is 0.132 e. The van der Waals surface area contributed by atoms with Crippen molar-refractivity contribution >= 4 is 17.2 Å². The van der Waals surface area contributed by atoms with Crippen LogP contribution in [0.4, 0.5) is 11.5 Å². The fourth-order valence-electron chi connectivity index (χ4n) is 3.20. The van der Waals surface area contributed by atoms with E-state index in [0.29, 0.717) is 30.1 Å². The van der Waals surface area contributed by atoms with Crippen molar-refractivity contribution < 1.29 is 9.47 Å². The van der Waals surface area contributed by atoms with Crippen molar-refractivity contribution in [1.29, 1.82) is 5.41 Å². The van der Waals surface area contributed by atoms with E-state index in [2.05, 4.69) is 28.4 Å². The molecule has 1 unspecified atom stereocenters. The maximum absolute atomic E-state index is 8.66. The number of nitrogen functional groups attached to an aromatic ring is 1. The molecule has 0 spiro atoms. The van der Waals surface area contributed by atoms with Crippen molar-refractivity contribution in [3.05, 3.63) is 54.5 Å². The van der Waals surface area contributed by atoms with Crippen LogP contribution in [-0.2, 0) is 4.74 Å². The number of nitrogens with one attached hydrogen (secondary N) is 1. The van der Waals surface area contributed by atoms with Crippen molar-refractivity contribution in [2.45, 2.75) is 31.5 Å². The van der Waals surface area contributed by atoms with Gasteiger partial charge in [-0.05, 0) is 38.0 Å². The molecule has 1 saturated carbocycles. The Morgan fingerprint density at radius 1 is 1.39 bits per heavy atom. The molecule has 0 amide bonds.